The molecule has 0 radical (unpaired) electrons. The van der Waals surface area contributed by atoms with Crippen LogP contribution in [-0.2, 0) is 24.8 Å². The third kappa shape index (κ3) is 3.29. The summed E-state index contributed by atoms with van der Waals surface area (Å²) in [5, 5.41) is 0. The first-order chi connectivity index (χ1) is 12.0. The Kier molecular flexibility index (Phi) is 4.88. The van der Waals surface area contributed by atoms with Gasteiger partial charge in [-0.3, -0.25) is 18.7 Å². The maximum absolute atomic E-state index is 12.9. The van der Waals surface area contributed by atoms with E-state index >= 15 is 0 Å². The summed E-state index contributed by atoms with van der Waals surface area (Å²) in [4.78, 5) is 35.7. The van der Waals surface area contributed by atoms with Crippen LogP contribution in [0, 0.1) is 11.8 Å². The van der Waals surface area contributed by atoms with Gasteiger partial charge in [-0.1, -0.05) is 5.92 Å². The van der Waals surface area contributed by atoms with E-state index < -0.39 is 0 Å². The second-order valence-electron chi connectivity index (χ2n) is 6.42. The molecule has 25 heavy (non-hydrogen) atoms. The molecule has 0 spiro atoms. The van der Waals surface area contributed by atoms with Gasteiger partial charge in [0.1, 0.15) is 11.6 Å². The molecule has 7 heteroatoms. The average Bonchev–Trinajstić information content (AvgIpc) is 2.96. The van der Waals surface area contributed by atoms with E-state index in [1.54, 1.807) is 14.0 Å². The summed E-state index contributed by atoms with van der Waals surface area (Å²) in [6.07, 6.45) is 3.57. The molecule has 2 aromatic heterocycles. The van der Waals surface area contributed by atoms with Crippen LogP contribution in [0.1, 0.15) is 38.9 Å². The predicted molar refractivity (Wildman–Crippen MR) is 96.7 cm³/mol. The highest BCUT2D eigenvalue weighted by molar-refractivity contribution is 5.79. The standard InChI is InChI=1S/C18H23N5O2/c1-4-5-11-23-15-16(20-18(23)22-9-7-6-8-10-22)19-14(12-13(2)24)21(3)17(15)25/h6-12H2,1-3H3. The first-order valence-electron chi connectivity index (χ1n) is 8.63. The molecule has 1 aliphatic heterocycles. The second-order valence-corrected chi connectivity index (χ2v) is 6.42. The lowest BCUT2D eigenvalue weighted by molar-refractivity contribution is -0.116. The van der Waals surface area contributed by atoms with Crippen molar-refractivity contribution in [1.29, 1.82) is 0 Å². The molecule has 132 valence electrons. The number of imidazole rings is 1. The van der Waals surface area contributed by atoms with E-state index in [-0.39, 0.29) is 17.8 Å². The molecule has 0 bridgehead atoms. The molecule has 0 atom stereocenters. The molecule has 0 amide bonds. The van der Waals surface area contributed by atoms with Crippen LogP contribution >= 0.6 is 0 Å². The van der Waals surface area contributed by atoms with Gasteiger partial charge in [-0.2, -0.15) is 4.98 Å². The van der Waals surface area contributed by atoms with E-state index in [2.05, 4.69) is 26.7 Å². The van der Waals surface area contributed by atoms with Crippen LogP contribution in [0.15, 0.2) is 4.79 Å². The number of aromatic nitrogens is 4. The van der Waals surface area contributed by atoms with Crippen LogP contribution in [0.25, 0.3) is 11.2 Å². The summed E-state index contributed by atoms with van der Waals surface area (Å²) in [7, 11) is 1.65. The van der Waals surface area contributed by atoms with E-state index in [9.17, 15) is 9.59 Å². The Morgan fingerprint density at radius 2 is 1.92 bits per heavy atom. The van der Waals surface area contributed by atoms with Gasteiger partial charge in [-0.15, -0.1) is 5.92 Å². The van der Waals surface area contributed by atoms with Gasteiger partial charge in [0.05, 0.1) is 13.0 Å². The van der Waals surface area contributed by atoms with Gasteiger partial charge < -0.3 is 4.90 Å². The Labute approximate surface area is 146 Å². The molecule has 1 aliphatic rings. The second kappa shape index (κ2) is 7.09. The minimum atomic E-state index is -0.185. The summed E-state index contributed by atoms with van der Waals surface area (Å²) in [5.41, 5.74) is 0.672. The number of ketones is 1. The van der Waals surface area contributed by atoms with Crippen molar-refractivity contribution in [2.24, 2.45) is 7.05 Å². The fraction of sp³-hybridized carbons (Fsp3) is 0.556. The van der Waals surface area contributed by atoms with Crippen LogP contribution in [-0.4, -0.2) is 38.0 Å². The average molecular weight is 341 g/mol. The molecular formula is C18H23N5O2. The molecule has 3 heterocycles. The first kappa shape index (κ1) is 17.2. The molecule has 0 unspecified atom stereocenters. The third-order valence-corrected chi connectivity index (χ3v) is 4.52. The fourth-order valence-electron chi connectivity index (χ4n) is 3.22. The van der Waals surface area contributed by atoms with Gasteiger partial charge in [-0.05, 0) is 33.1 Å². The molecule has 3 rings (SSSR count). The minimum Gasteiger partial charge on any atom is -0.342 e. The zero-order valence-corrected chi connectivity index (χ0v) is 15.0. The highest BCUT2D eigenvalue weighted by atomic mass is 16.1. The summed E-state index contributed by atoms with van der Waals surface area (Å²) < 4.78 is 3.31. The highest BCUT2D eigenvalue weighted by Gasteiger charge is 2.23. The van der Waals surface area contributed by atoms with Crippen molar-refractivity contribution in [1.82, 2.24) is 19.1 Å². The van der Waals surface area contributed by atoms with E-state index in [4.69, 9.17) is 0 Å². The molecule has 0 N–H and O–H groups in total. The minimum absolute atomic E-state index is 0.0330. The largest absolute Gasteiger partial charge is 0.342 e. The Bertz CT molecular complexity index is 923. The number of carbonyl (C=O) groups is 1. The normalized spacial score (nSPS) is 14.4. The maximum Gasteiger partial charge on any atom is 0.279 e. The van der Waals surface area contributed by atoms with Gasteiger partial charge in [0, 0.05) is 20.1 Å². The van der Waals surface area contributed by atoms with Gasteiger partial charge in [-0.25, -0.2) is 4.98 Å². The van der Waals surface area contributed by atoms with E-state index in [1.165, 1.54) is 17.9 Å². The van der Waals surface area contributed by atoms with Gasteiger partial charge >= 0.3 is 0 Å². The number of nitrogens with zero attached hydrogens (tertiary/aromatic N) is 5. The molecule has 1 saturated heterocycles. The summed E-state index contributed by atoms with van der Waals surface area (Å²) >= 11 is 0. The number of piperidine rings is 1. The Morgan fingerprint density at radius 3 is 2.56 bits per heavy atom. The van der Waals surface area contributed by atoms with Crippen LogP contribution in [0.2, 0.25) is 0 Å². The van der Waals surface area contributed by atoms with Crippen LogP contribution in [0.4, 0.5) is 5.95 Å². The monoisotopic (exact) mass is 341 g/mol. The Hall–Kier alpha value is -2.62. The molecule has 7 nitrogen and oxygen atoms in total. The summed E-state index contributed by atoms with van der Waals surface area (Å²) in [6.45, 7) is 5.51. The van der Waals surface area contributed by atoms with Crippen molar-refractivity contribution in [3.8, 4) is 11.8 Å². The molecular weight excluding hydrogens is 318 g/mol. The van der Waals surface area contributed by atoms with E-state index in [0.29, 0.717) is 23.5 Å². The molecule has 0 saturated carbocycles. The van der Waals surface area contributed by atoms with Crippen LogP contribution in [0.5, 0.6) is 0 Å². The maximum atomic E-state index is 12.9. The lowest BCUT2D eigenvalue weighted by atomic mass is 10.1. The Balaban J connectivity index is 2.21. The van der Waals surface area contributed by atoms with Crippen LogP contribution in [0.3, 0.4) is 0 Å². The smallest absolute Gasteiger partial charge is 0.279 e. The fourth-order valence-corrected chi connectivity index (χ4v) is 3.22. The lowest BCUT2D eigenvalue weighted by Gasteiger charge is -2.27. The van der Waals surface area contributed by atoms with E-state index in [1.807, 2.05) is 4.57 Å². The van der Waals surface area contributed by atoms with Gasteiger partial charge in [0.15, 0.2) is 11.2 Å². The van der Waals surface area contributed by atoms with Gasteiger partial charge in [0.25, 0.3) is 5.56 Å². The number of rotatable bonds is 4. The summed E-state index contributed by atoms with van der Waals surface area (Å²) in [6, 6.07) is 0. The zero-order chi connectivity index (χ0) is 18.0. The molecule has 0 aliphatic carbocycles. The Morgan fingerprint density at radius 1 is 1.20 bits per heavy atom. The van der Waals surface area contributed by atoms with Crippen molar-refractivity contribution in [2.75, 3.05) is 18.0 Å². The van der Waals surface area contributed by atoms with Gasteiger partial charge in [0.2, 0.25) is 5.95 Å². The van der Waals surface area contributed by atoms with Crippen molar-refractivity contribution in [2.45, 2.75) is 46.1 Å². The van der Waals surface area contributed by atoms with E-state index in [0.717, 1.165) is 31.9 Å². The SMILES string of the molecule is CC#CCn1c(N2CCCCC2)nc2nc(CC(C)=O)n(C)c(=O)c21. The number of fused-ring (bicyclic) bond motifs is 1. The predicted octanol–water partition coefficient (Wildman–Crippen LogP) is 1.28. The first-order valence-corrected chi connectivity index (χ1v) is 8.63. The topological polar surface area (TPSA) is 73.0 Å². The number of Topliss-reactive ketones (excluding diaryl/α,β-unsaturated/α-hetero) is 1. The van der Waals surface area contributed by atoms with Crippen LogP contribution < -0.4 is 10.5 Å². The van der Waals surface area contributed by atoms with Crippen molar-refractivity contribution < 1.29 is 4.79 Å². The molecule has 0 aromatic carbocycles. The molecule has 1 fully saturated rings. The van der Waals surface area contributed by atoms with Crippen molar-refractivity contribution in [3.63, 3.8) is 0 Å². The number of anilines is 1. The lowest BCUT2D eigenvalue weighted by Crippen LogP contribution is -2.32. The third-order valence-electron chi connectivity index (χ3n) is 4.52. The van der Waals surface area contributed by atoms with Crippen molar-refractivity contribution in [3.05, 3.63) is 16.2 Å². The zero-order valence-electron chi connectivity index (χ0n) is 15.0. The quantitative estimate of drug-likeness (QED) is 0.783. The molecule has 2 aromatic rings. The highest BCUT2D eigenvalue weighted by Crippen LogP contribution is 2.23. The number of carbonyl (C=O) groups excluding carboxylic acids is 1. The van der Waals surface area contributed by atoms with Crippen molar-refractivity contribution >= 4 is 22.9 Å². The number of hydrogen-bond donors (Lipinski definition) is 0. The summed E-state index contributed by atoms with van der Waals surface area (Å²) in [5.74, 6) is 7.08. The number of hydrogen-bond acceptors (Lipinski definition) is 5.